The molecular formula is C134H86N10O5. The minimum absolute atomic E-state index is 0.596. The molecule has 0 spiro atoms. The van der Waals surface area contributed by atoms with Crippen LogP contribution >= 0.6 is 0 Å². The Hall–Kier alpha value is -20.4. The highest BCUT2D eigenvalue weighted by molar-refractivity contribution is 6.15. The predicted octanol–water partition coefficient (Wildman–Crippen LogP) is 35.2. The van der Waals surface area contributed by atoms with Gasteiger partial charge >= 0.3 is 0 Å². The molecule has 149 heavy (non-hydrogen) atoms. The molecule has 10 heterocycles. The second kappa shape index (κ2) is 40.5. The van der Waals surface area contributed by atoms with Crippen molar-refractivity contribution < 1.29 is 22.1 Å². The molecular weight excluding hydrogens is 1830 g/mol. The van der Waals surface area contributed by atoms with Crippen LogP contribution in [-0.2, 0) is 0 Å². The van der Waals surface area contributed by atoms with Crippen molar-refractivity contribution in [2.24, 2.45) is 0 Å². The molecule has 0 aliphatic rings. The first-order valence-corrected chi connectivity index (χ1v) is 49.3. The summed E-state index contributed by atoms with van der Waals surface area (Å²) in [5.74, 6) is 3.31. The van der Waals surface area contributed by atoms with E-state index in [1.165, 1.54) is 22.3 Å². The van der Waals surface area contributed by atoms with Crippen LogP contribution in [0.1, 0.15) is 0 Å². The van der Waals surface area contributed by atoms with Crippen LogP contribution in [0.4, 0.5) is 0 Å². The fourth-order valence-electron chi connectivity index (χ4n) is 19.3. The van der Waals surface area contributed by atoms with E-state index in [0.717, 1.165) is 188 Å². The van der Waals surface area contributed by atoms with E-state index in [0.29, 0.717) is 57.7 Å². The Morgan fingerprint density at radius 2 is 0.362 bits per heavy atom. The zero-order valence-electron chi connectivity index (χ0n) is 80.2. The minimum Gasteiger partial charge on any atom is -0.438 e. The largest absolute Gasteiger partial charge is 0.438 e. The lowest BCUT2D eigenvalue weighted by Gasteiger charge is -2.12. The molecule has 19 aromatic carbocycles. The molecule has 15 heteroatoms. The van der Waals surface area contributed by atoms with Gasteiger partial charge in [0.05, 0.1) is 49.7 Å². The van der Waals surface area contributed by atoms with Gasteiger partial charge in [-0.15, -0.1) is 0 Å². The number of aromatic nitrogens is 10. The van der Waals surface area contributed by atoms with Crippen molar-refractivity contribution in [3.8, 4) is 158 Å². The topological polar surface area (TPSA) is 195 Å². The molecule has 15 nitrogen and oxygen atoms in total. The van der Waals surface area contributed by atoms with Crippen molar-refractivity contribution in [1.29, 1.82) is 0 Å². The SMILES string of the molecule is c1ccc(-c2ccc(-c3nc(-c4cccc(-c5ccccc5)c4)c4c(n3)oc3ccccc34)cc2)cc1.c1ccc(-c2ccc(-c3nc(-c4ccccc4)nc4oc5ccccc5c34)cc2)cc1.c1ccc(-c2ccccc2-c2nc(-c3ccccc3)c3c(n2)oc2ccccc23)cc1.c1ccc(-c2nc(-c3ccccc3-c3ccccc3)c3c(n2)oc2ccccc23)cc1.c1ccc(-c2ncc3c(n2)oc2ccccc23)cc1. The Labute approximate surface area is 855 Å². The standard InChI is InChI=1S/C34H22N2O.3C28H18N2O.C16H10N2O/c1-3-10-23(11-4-1)25-18-20-26(21-19-25)33-35-32(31-29-16-7-8-17-30(29)37-34(31)36-33)28-15-9-14-27(22-28)24-12-5-2-6-13-24;1-3-11-19(12-4-1)21-15-7-8-16-22(21)26-25-23-17-9-10-18-24(23)31-28(25)30-27(29-26)20-13-5-2-6-14-20;1-3-11-19(12-4-1)21-15-7-8-16-22(21)27-29-26(20-13-5-2-6-14-20)25-23-17-9-10-18-24(23)31-28(25)30-27;1-3-9-19(10-4-1)20-15-17-21(18-16-20)26-25-23-13-7-8-14-24(23)31-28(25)30-27(29-26)22-11-5-2-6-12-22;1-2-6-11(7-3-1)15-17-10-13-12-8-4-5-9-14(12)19-16(13)18-15/h1-22H;3*1-18H;1-10H. The third-order valence-corrected chi connectivity index (χ3v) is 26.5. The molecule has 0 atom stereocenters. The van der Waals surface area contributed by atoms with Crippen LogP contribution in [0.2, 0.25) is 0 Å². The van der Waals surface area contributed by atoms with E-state index in [2.05, 4.69) is 265 Å². The maximum Gasteiger partial charge on any atom is 0.231 e. The maximum atomic E-state index is 6.23. The van der Waals surface area contributed by atoms with Crippen LogP contribution in [-0.4, -0.2) is 49.8 Å². The van der Waals surface area contributed by atoms with Crippen LogP contribution < -0.4 is 0 Å². The van der Waals surface area contributed by atoms with Crippen molar-refractivity contribution in [2.45, 2.75) is 0 Å². The van der Waals surface area contributed by atoms with Crippen LogP contribution in [0.3, 0.4) is 0 Å². The van der Waals surface area contributed by atoms with Crippen molar-refractivity contribution in [3.05, 3.63) is 522 Å². The van der Waals surface area contributed by atoms with E-state index in [9.17, 15) is 0 Å². The van der Waals surface area contributed by atoms with Crippen molar-refractivity contribution >= 4 is 110 Å². The normalized spacial score (nSPS) is 11.2. The highest BCUT2D eigenvalue weighted by atomic mass is 16.4. The average molecular weight is 1920 g/mol. The van der Waals surface area contributed by atoms with Crippen LogP contribution in [0.15, 0.2) is 544 Å². The summed E-state index contributed by atoms with van der Waals surface area (Å²) >= 11 is 0. The number of furan rings is 5. The summed E-state index contributed by atoms with van der Waals surface area (Å²) in [6.07, 6.45) is 1.83. The molecule has 0 amide bonds. The summed E-state index contributed by atoms with van der Waals surface area (Å²) in [7, 11) is 0. The first kappa shape index (κ1) is 89.9. The lowest BCUT2D eigenvalue weighted by Crippen LogP contribution is -1.95. The fourth-order valence-corrected chi connectivity index (χ4v) is 19.3. The van der Waals surface area contributed by atoms with Gasteiger partial charge in [-0.3, -0.25) is 0 Å². The minimum atomic E-state index is 0.596. The van der Waals surface area contributed by atoms with Gasteiger partial charge in [-0.2, -0.15) is 24.9 Å². The molecule has 29 rings (SSSR count). The molecule has 0 aliphatic carbocycles. The molecule has 10 aromatic heterocycles. The number of benzene rings is 19. The Balaban J connectivity index is 0.0000000977. The van der Waals surface area contributed by atoms with E-state index in [1.807, 2.05) is 267 Å². The van der Waals surface area contributed by atoms with Gasteiger partial charge in [-0.1, -0.05) is 479 Å². The van der Waals surface area contributed by atoms with Gasteiger partial charge in [-0.05, 0) is 92.0 Å². The number of fused-ring (bicyclic) bond motifs is 15. The molecule has 0 unspecified atom stereocenters. The van der Waals surface area contributed by atoms with E-state index < -0.39 is 0 Å². The second-order valence-electron chi connectivity index (χ2n) is 35.8. The fraction of sp³-hybridized carbons (Fsp3) is 0. The predicted molar refractivity (Wildman–Crippen MR) is 603 cm³/mol. The molecule has 0 bridgehead atoms. The van der Waals surface area contributed by atoms with Crippen molar-refractivity contribution in [2.75, 3.05) is 0 Å². The number of hydrogen-bond donors (Lipinski definition) is 0. The Morgan fingerprint density at radius 3 is 0.779 bits per heavy atom. The molecule has 702 valence electrons. The molecule has 0 saturated carbocycles. The van der Waals surface area contributed by atoms with E-state index in [4.69, 9.17) is 62.0 Å². The summed E-state index contributed by atoms with van der Waals surface area (Å²) in [5, 5.41) is 9.87. The number of hydrogen-bond acceptors (Lipinski definition) is 15. The lowest BCUT2D eigenvalue weighted by molar-refractivity contribution is 0.653. The maximum absolute atomic E-state index is 6.23. The van der Waals surface area contributed by atoms with Gasteiger partial charge in [0.25, 0.3) is 0 Å². The van der Waals surface area contributed by atoms with Crippen molar-refractivity contribution in [1.82, 2.24) is 49.8 Å². The highest BCUT2D eigenvalue weighted by Gasteiger charge is 2.26. The summed E-state index contributed by atoms with van der Waals surface area (Å²) in [5.41, 5.74) is 31.2. The Kier molecular flexibility index (Phi) is 24.5. The first-order chi connectivity index (χ1) is 73.9. The molecule has 29 aromatic rings. The van der Waals surface area contributed by atoms with E-state index in [-0.39, 0.29) is 0 Å². The summed E-state index contributed by atoms with van der Waals surface area (Å²) in [6, 6.07) is 174. The Bertz CT molecular complexity index is 9850. The lowest BCUT2D eigenvalue weighted by atomic mass is 9.95. The number of para-hydroxylation sites is 5. The molecule has 0 fully saturated rings. The van der Waals surface area contributed by atoms with Gasteiger partial charge in [0.1, 0.15) is 27.9 Å². The summed E-state index contributed by atoms with van der Waals surface area (Å²) < 4.78 is 30.5. The smallest absolute Gasteiger partial charge is 0.231 e. The van der Waals surface area contributed by atoms with Crippen LogP contribution in [0, 0.1) is 0 Å². The van der Waals surface area contributed by atoms with Crippen LogP contribution in [0.5, 0.6) is 0 Å². The van der Waals surface area contributed by atoms with Gasteiger partial charge in [0.15, 0.2) is 29.1 Å². The van der Waals surface area contributed by atoms with Gasteiger partial charge in [-0.25, -0.2) is 24.9 Å². The first-order valence-electron chi connectivity index (χ1n) is 49.3. The van der Waals surface area contributed by atoms with E-state index >= 15 is 0 Å². The second-order valence-corrected chi connectivity index (χ2v) is 35.8. The van der Waals surface area contributed by atoms with Gasteiger partial charge in [0.2, 0.25) is 28.6 Å². The van der Waals surface area contributed by atoms with Gasteiger partial charge < -0.3 is 22.1 Å². The zero-order chi connectivity index (χ0) is 99.1. The number of nitrogens with zero attached hydrogens (tertiary/aromatic N) is 10. The molecule has 0 saturated heterocycles. The van der Waals surface area contributed by atoms with Gasteiger partial charge in [0, 0.05) is 83.2 Å². The monoisotopic (exact) mass is 1910 g/mol. The quantitative estimate of drug-likeness (QED) is 0.0997. The average Bonchev–Trinajstić information content (AvgIpc) is 1.60. The Morgan fingerprint density at radius 1 is 0.128 bits per heavy atom. The molecule has 0 radical (unpaired) electrons. The highest BCUT2D eigenvalue weighted by Crippen LogP contribution is 2.46. The zero-order valence-corrected chi connectivity index (χ0v) is 80.2. The summed E-state index contributed by atoms with van der Waals surface area (Å²) in [6.45, 7) is 0. The molecule has 0 N–H and O–H groups in total. The number of rotatable bonds is 14. The molecule has 0 aliphatic heterocycles. The summed E-state index contributed by atoms with van der Waals surface area (Å²) in [4.78, 5) is 48.5. The van der Waals surface area contributed by atoms with Crippen molar-refractivity contribution in [3.63, 3.8) is 0 Å². The third kappa shape index (κ3) is 18.3. The third-order valence-electron chi connectivity index (χ3n) is 26.5. The van der Waals surface area contributed by atoms with Crippen LogP contribution in [0.25, 0.3) is 268 Å². The van der Waals surface area contributed by atoms with E-state index in [1.54, 1.807) is 0 Å².